The predicted molar refractivity (Wildman–Crippen MR) is 84.5 cm³/mol. The zero-order valence-electron chi connectivity index (χ0n) is 13.2. The number of esters is 2. The first-order chi connectivity index (χ1) is 11.5. The first-order valence-corrected chi connectivity index (χ1v) is 7.15. The minimum atomic E-state index is -0.521. The zero-order chi connectivity index (χ0) is 17.5. The lowest BCUT2D eigenvalue weighted by Gasteiger charge is -2.14. The molecule has 0 fully saturated rings. The van der Waals surface area contributed by atoms with E-state index in [0.29, 0.717) is 5.56 Å². The van der Waals surface area contributed by atoms with E-state index in [4.69, 9.17) is 9.47 Å². The van der Waals surface area contributed by atoms with E-state index in [1.54, 1.807) is 36.4 Å². The number of hydrogen-bond acceptors (Lipinski definition) is 6. The van der Waals surface area contributed by atoms with E-state index < -0.39 is 17.8 Å². The quantitative estimate of drug-likeness (QED) is 0.665. The molecule has 124 valence electrons. The van der Waals surface area contributed by atoms with E-state index in [9.17, 15) is 14.4 Å². The molecule has 0 aliphatic carbocycles. The number of carbonyl (C=O) groups is 3. The molecule has 0 spiro atoms. The maximum atomic E-state index is 12.1. The highest BCUT2D eigenvalue weighted by Gasteiger charge is 2.16. The maximum absolute atomic E-state index is 12.1. The summed E-state index contributed by atoms with van der Waals surface area (Å²) in [5.41, 5.74) is 0.628. The second-order valence-electron chi connectivity index (χ2n) is 4.82. The number of rotatable bonds is 5. The van der Waals surface area contributed by atoms with Gasteiger partial charge >= 0.3 is 11.9 Å². The highest BCUT2D eigenvalue weighted by molar-refractivity contribution is 5.92. The van der Waals surface area contributed by atoms with Gasteiger partial charge in [-0.1, -0.05) is 12.1 Å². The van der Waals surface area contributed by atoms with Crippen LogP contribution in [-0.4, -0.2) is 22.8 Å². The van der Waals surface area contributed by atoms with Gasteiger partial charge < -0.3 is 14.8 Å². The number of carbonyl (C=O) groups excluding carboxylic acids is 3. The van der Waals surface area contributed by atoms with Crippen LogP contribution in [0.1, 0.15) is 29.9 Å². The van der Waals surface area contributed by atoms with Crippen LogP contribution in [0.5, 0.6) is 11.5 Å². The van der Waals surface area contributed by atoms with Gasteiger partial charge in [0.2, 0.25) is 0 Å². The smallest absolute Gasteiger partial charge is 0.308 e. The number of benzene rings is 1. The first-order valence-electron chi connectivity index (χ1n) is 7.15. The van der Waals surface area contributed by atoms with Crippen LogP contribution in [0.15, 0.2) is 42.6 Å². The lowest BCUT2D eigenvalue weighted by molar-refractivity contribution is -0.132. The van der Waals surface area contributed by atoms with Crippen LogP contribution >= 0.6 is 0 Å². The number of aromatic nitrogens is 1. The van der Waals surface area contributed by atoms with E-state index in [1.165, 1.54) is 20.0 Å². The lowest BCUT2D eigenvalue weighted by Crippen LogP contribution is -2.24. The molecule has 2 rings (SSSR count). The topological polar surface area (TPSA) is 94.6 Å². The minimum absolute atomic E-state index is 0.00146. The molecule has 1 heterocycles. The SMILES string of the molecule is CC(=O)Oc1cccc(OC(C)=O)c1CNC(=O)c1ccccn1. The summed E-state index contributed by atoms with van der Waals surface area (Å²) < 4.78 is 10.2. The molecule has 1 aromatic carbocycles. The molecule has 0 unspecified atom stereocenters. The van der Waals surface area contributed by atoms with Crippen molar-refractivity contribution in [3.8, 4) is 11.5 Å². The normalized spacial score (nSPS) is 9.92. The molecule has 2 aromatic rings. The van der Waals surface area contributed by atoms with Crippen molar-refractivity contribution in [2.75, 3.05) is 0 Å². The van der Waals surface area contributed by atoms with Crippen molar-refractivity contribution >= 4 is 17.8 Å². The molecule has 0 bridgehead atoms. The van der Waals surface area contributed by atoms with Gasteiger partial charge in [0.25, 0.3) is 5.91 Å². The van der Waals surface area contributed by atoms with Crippen molar-refractivity contribution in [3.63, 3.8) is 0 Å². The molecule has 7 heteroatoms. The number of nitrogens with zero attached hydrogens (tertiary/aromatic N) is 1. The van der Waals surface area contributed by atoms with Crippen LogP contribution in [0, 0.1) is 0 Å². The summed E-state index contributed by atoms with van der Waals surface area (Å²) in [6, 6.07) is 9.65. The molecule has 0 aliphatic heterocycles. The Morgan fingerprint density at radius 2 is 1.58 bits per heavy atom. The predicted octanol–water partition coefficient (Wildman–Crippen LogP) is 1.86. The molecular formula is C17H16N2O5. The number of nitrogens with one attached hydrogen (secondary N) is 1. The van der Waals surface area contributed by atoms with Crippen molar-refractivity contribution in [1.82, 2.24) is 10.3 Å². The fraction of sp³-hybridized carbons (Fsp3) is 0.176. The van der Waals surface area contributed by atoms with Gasteiger partial charge in [0.05, 0.1) is 12.1 Å². The van der Waals surface area contributed by atoms with Crippen molar-refractivity contribution in [2.24, 2.45) is 0 Å². The highest BCUT2D eigenvalue weighted by atomic mass is 16.5. The average molecular weight is 328 g/mol. The molecule has 0 saturated carbocycles. The molecule has 1 N–H and O–H groups in total. The third kappa shape index (κ3) is 4.64. The first kappa shape index (κ1) is 17.1. The van der Waals surface area contributed by atoms with Crippen molar-refractivity contribution in [2.45, 2.75) is 20.4 Å². The molecule has 0 saturated heterocycles. The van der Waals surface area contributed by atoms with Crippen LogP contribution in [0.2, 0.25) is 0 Å². The number of amides is 1. The number of hydrogen-bond donors (Lipinski definition) is 1. The zero-order valence-corrected chi connectivity index (χ0v) is 13.2. The Kier molecular flexibility index (Phi) is 5.62. The third-order valence-corrected chi connectivity index (χ3v) is 2.92. The number of pyridine rings is 1. The fourth-order valence-electron chi connectivity index (χ4n) is 1.98. The Labute approximate surface area is 138 Å². The van der Waals surface area contributed by atoms with Crippen molar-refractivity contribution in [1.29, 1.82) is 0 Å². The molecule has 0 aliphatic rings. The van der Waals surface area contributed by atoms with Crippen molar-refractivity contribution in [3.05, 3.63) is 53.9 Å². The van der Waals surface area contributed by atoms with Gasteiger partial charge in [0.15, 0.2) is 0 Å². The average Bonchev–Trinajstić information content (AvgIpc) is 2.54. The fourth-order valence-corrected chi connectivity index (χ4v) is 1.98. The summed E-state index contributed by atoms with van der Waals surface area (Å²) in [7, 11) is 0. The Hall–Kier alpha value is -3.22. The second kappa shape index (κ2) is 7.87. The minimum Gasteiger partial charge on any atom is -0.426 e. The Bertz CT molecular complexity index is 725. The summed E-state index contributed by atoms with van der Waals surface area (Å²) in [6.07, 6.45) is 1.51. The summed E-state index contributed by atoms with van der Waals surface area (Å²) in [5.74, 6) is -1.02. The largest absolute Gasteiger partial charge is 0.426 e. The van der Waals surface area contributed by atoms with E-state index in [-0.39, 0.29) is 23.7 Å². The standard InChI is InChI=1S/C17H16N2O5/c1-11(20)23-15-7-5-8-16(24-12(2)21)13(15)10-19-17(22)14-6-3-4-9-18-14/h3-9H,10H2,1-2H3,(H,19,22). The summed E-state index contributed by atoms with van der Waals surface area (Å²) >= 11 is 0. The van der Waals surface area contributed by atoms with Crippen LogP contribution in [0.25, 0.3) is 0 Å². The molecule has 7 nitrogen and oxygen atoms in total. The van der Waals surface area contributed by atoms with Gasteiger partial charge in [0, 0.05) is 20.0 Å². The summed E-state index contributed by atoms with van der Waals surface area (Å²) in [6.45, 7) is 2.52. The van der Waals surface area contributed by atoms with Gasteiger partial charge in [0.1, 0.15) is 17.2 Å². The second-order valence-corrected chi connectivity index (χ2v) is 4.82. The maximum Gasteiger partial charge on any atom is 0.308 e. The van der Waals surface area contributed by atoms with Crippen LogP contribution < -0.4 is 14.8 Å². The van der Waals surface area contributed by atoms with E-state index in [2.05, 4.69) is 10.3 Å². The third-order valence-electron chi connectivity index (χ3n) is 2.92. The molecule has 1 aromatic heterocycles. The molecule has 24 heavy (non-hydrogen) atoms. The Morgan fingerprint density at radius 1 is 0.958 bits per heavy atom. The Morgan fingerprint density at radius 3 is 2.08 bits per heavy atom. The molecular weight excluding hydrogens is 312 g/mol. The number of ether oxygens (including phenoxy) is 2. The van der Waals surface area contributed by atoms with Gasteiger partial charge in [-0.3, -0.25) is 19.4 Å². The van der Waals surface area contributed by atoms with E-state index in [1.807, 2.05) is 0 Å². The van der Waals surface area contributed by atoms with Crippen LogP contribution in [0.4, 0.5) is 0 Å². The Balaban J connectivity index is 2.24. The van der Waals surface area contributed by atoms with Gasteiger partial charge in [-0.25, -0.2) is 0 Å². The van der Waals surface area contributed by atoms with Gasteiger partial charge in [-0.05, 0) is 24.3 Å². The summed E-state index contributed by atoms with van der Waals surface area (Å²) in [5, 5.41) is 2.66. The summed E-state index contributed by atoms with van der Waals surface area (Å²) in [4.78, 5) is 38.5. The van der Waals surface area contributed by atoms with E-state index in [0.717, 1.165) is 0 Å². The van der Waals surface area contributed by atoms with Gasteiger partial charge in [-0.2, -0.15) is 0 Å². The van der Waals surface area contributed by atoms with Crippen LogP contribution in [-0.2, 0) is 16.1 Å². The molecule has 0 radical (unpaired) electrons. The molecule has 0 atom stereocenters. The van der Waals surface area contributed by atoms with E-state index >= 15 is 0 Å². The van der Waals surface area contributed by atoms with Crippen molar-refractivity contribution < 1.29 is 23.9 Å². The van der Waals surface area contributed by atoms with Crippen LogP contribution in [0.3, 0.4) is 0 Å². The lowest BCUT2D eigenvalue weighted by atomic mass is 10.1. The molecule has 1 amide bonds. The highest BCUT2D eigenvalue weighted by Crippen LogP contribution is 2.29. The van der Waals surface area contributed by atoms with Gasteiger partial charge in [-0.15, -0.1) is 0 Å². The monoisotopic (exact) mass is 328 g/mol.